The van der Waals surface area contributed by atoms with Crippen LogP contribution in [0.25, 0.3) is 0 Å². The average Bonchev–Trinajstić information content (AvgIpc) is 3.08. The zero-order valence-corrected chi connectivity index (χ0v) is 14.7. The molecule has 0 unspecified atom stereocenters. The fourth-order valence-electron chi connectivity index (χ4n) is 2.25. The SMILES string of the molecule is CCOc1ccc(S(=O)(=O)NN=C(C)c2ccc3c(c2)OCO3)cc1. The summed E-state index contributed by atoms with van der Waals surface area (Å²) < 4.78 is 40.5. The van der Waals surface area contributed by atoms with Crippen LogP contribution in [0.5, 0.6) is 17.2 Å². The molecule has 0 amide bonds. The molecule has 1 aliphatic heterocycles. The minimum Gasteiger partial charge on any atom is -0.494 e. The number of fused-ring (bicyclic) bond motifs is 1. The first kappa shape index (κ1) is 17.1. The fraction of sp³-hybridized carbons (Fsp3) is 0.235. The predicted octanol–water partition coefficient (Wildman–Crippen LogP) is 2.52. The van der Waals surface area contributed by atoms with Crippen LogP contribution < -0.4 is 19.0 Å². The molecule has 0 fully saturated rings. The molecule has 0 saturated carbocycles. The summed E-state index contributed by atoms with van der Waals surface area (Å²) in [5, 5.41) is 3.98. The van der Waals surface area contributed by atoms with Crippen molar-refractivity contribution in [2.24, 2.45) is 5.10 Å². The quantitative estimate of drug-likeness (QED) is 0.630. The number of sulfonamides is 1. The van der Waals surface area contributed by atoms with Crippen molar-refractivity contribution in [3.8, 4) is 17.2 Å². The zero-order chi connectivity index (χ0) is 17.9. The van der Waals surface area contributed by atoms with E-state index in [-0.39, 0.29) is 11.7 Å². The second-order valence-corrected chi connectivity index (χ2v) is 6.93. The zero-order valence-electron chi connectivity index (χ0n) is 13.9. The monoisotopic (exact) mass is 362 g/mol. The first-order valence-corrected chi connectivity index (χ1v) is 9.17. The molecular weight excluding hydrogens is 344 g/mol. The molecule has 0 atom stereocenters. The van der Waals surface area contributed by atoms with E-state index in [1.54, 1.807) is 37.3 Å². The molecule has 0 aliphatic carbocycles. The van der Waals surface area contributed by atoms with E-state index >= 15 is 0 Å². The summed E-state index contributed by atoms with van der Waals surface area (Å²) in [4.78, 5) is 2.35. The van der Waals surface area contributed by atoms with Crippen molar-refractivity contribution in [3.63, 3.8) is 0 Å². The van der Waals surface area contributed by atoms with Crippen LogP contribution in [0.3, 0.4) is 0 Å². The molecule has 132 valence electrons. The summed E-state index contributed by atoms with van der Waals surface area (Å²) >= 11 is 0. The van der Waals surface area contributed by atoms with E-state index in [9.17, 15) is 8.42 Å². The largest absolute Gasteiger partial charge is 0.494 e. The number of benzene rings is 2. The Labute approximate surface area is 146 Å². The van der Waals surface area contributed by atoms with Crippen LogP contribution >= 0.6 is 0 Å². The minimum absolute atomic E-state index is 0.109. The number of nitrogens with zero attached hydrogens (tertiary/aromatic N) is 1. The summed E-state index contributed by atoms with van der Waals surface area (Å²) in [5.74, 6) is 1.88. The molecule has 3 rings (SSSR count). The lowest BCUT2D eigenvalue weighted by atomic mass is 10.1. The molecule has 7 nitrogen and oxygen atoms in total. The Morgan fingerprint density at radius 3 is 2.60 bits per heavy atom. The second-order valence-electron chi connectivity index (χ2n) is 5.26. The van der Waals surface area contributed by atoms with Gasteiger partial charge in [-0.2, -0.15) is 18.4 Å². The van der Waals surface area contributed by atoms with Gasteiger partial charge in [-0.25, -0.2) is 0 Å². The Kier molecular flexibility index (Phi) is 4.80. The number of rotatable bonds is 6. The summed E-state index contributed by atoms with van der Waals surface area (Å²) in [5.41, 5.74) is 1.24. The second kappa shape index (κ2) is 7.02. The molecule has 0 saturated heterocycles. The Balaban J connectivity index is 1.75. The topological polar surface area (TPSA) is 86.2 Å². The Bertz CT molecular complexity index is 892. The highest BCUT2D eigenvalue weighted by Crippen LogP contribution is 2.32. The fourth-order valence-corrected chi connectivity index (χ4v) is 3.11. The lowest BCUT2D eigenvalue weighted by molar-refractivity contribution is 0.174. The van der Waals surface area contributed by atoms with Crippen molar-refractivity contribution in [2.75, 3.05) is 13.4 Å². The van der Waals surface area contributed by atoms with E-state index in [1.165, 1.54) is 12.1 Å². The highest BCUT2D eigenvalue weighted by molar-refractivity contribution is 7.89. The van der Waals surface area contributed by atoms with Crippen molar-refractivity contribution in [1.29, 1.82) is 0 Å². The van der Waals surface area contributed by atoms with Gasteiger partial charge in [0.05, 0.1) is 17.2 Å². The molecule has 8 heteroatoms. The molecule has 0 spiro atoms. The minimum atomic E-state index is -3.76. The summed E-state index contributed by atoms with van der Waals surface area (Å²) in [6.07, 6.45) is 0. The lowest BCUT2D eigenvalue weighted by Gasteiger charge is -2.07. The number of hydrazone groups is 1. The van der Waals surface area contributed by atoms with E-state index in [1.807, 2.05) is 6.92 Å². The first-order chi connectivity index (χ1) is 12.0. The van der Waals surface area contributed by atoms with Gasteiger partial charge in [0.25, 0.3) is 10.0 Å². The van der Waals surface area contributed by atoms with Gasteiger partial charge in [-0.1, -0.05) is 0 Å². The Morgan fingerprint density at radius 2 is 1.88 bits per heavy atom. The van der Waals surface area contributed by atoms with Gasteiger partial charge in [0.15, 0.2) is 11.5 Å². The molecule has 0 bridgehead atoms. The highest BCUT2D eigenvalue weighted by Gasteiger charge is 2.16. The van der Waals surface area contributed by atoms with Gasteiger partial charge < -0.3 is 14.2 Å². The Morgan fingerprint density at radius 1 is 1.16 bits per heavy atom. The average molecular weight is 362 g/mol. The standard InChI is InChI=1S/C17H18N2O5S/c1-3-22-14-5-7-15(8-6-14)25(20,21)19-18-12(2)13-4-9-16-17(10-13)24-11-23-16/h4-10,19H,3,11H2,1-2H3. The predicted molar refractivity (Wildman–Crippen MR) is 92.7 cm³/mol. The van der Waals surface area contributed by atoms with E-state index in [0.29, 0.717) is 29.6 Å². The first-order valence-electron chi connectivity index (χ1n) is 7.68. The third-order valence-corrected chi connectivity index (χ3v) is 4.79. The molecule has 2 aromatic rings. The molecule has 2 aromatic carbocycles. The molecule has 0 radical (unpaired) electrons. The van der Waals surface area contributed by atoms with E-state index in [2.05, 4.69) is 9.93 Å². The molecular formula is C17H18N2O5S. The van der Waals surface area contributed by atoms with Crippen LogP contribution in [0.1, 0.15) is 19.4 Å². The van der Waals surface area contributed by atoms with Crippen molar-refractivity contribution in [3.05, 3.63) is 48.0 Å². The van der Waals surface area contributed by atoms with E-state index in [4.69, 9.17) is 14.2 Å². The highest BCUT2D eigenvalue weighted by atomic mass is 32.2. The number of hydrogen-bond acceptors (Lipinski definition) is 6. The normalized spacial score (nSPS) is 13.6. The van der Waals surface area contributed by atoms with Gasteiger partial charge in [0.1, 0.15) is 5.75 Å². The van der Waals surface area contributed by atoms with Crippen LogP contribution in [0, 0.1) is 0 Å². The van der Waals surface area contributed by atoms with Gasteiger partial charge in [-0.05, 0) is 56.3 Å². The van der Waals surface area contributed by atoms with Crippen LogP contribution in [-0.4, -0.2) is 27.5 Å². The third kappa shape index (κ3) is 3.85. The van der Waals surface area contributed by atoms with Crippen molar-refractivity contribution >= 4 is 15.7 Å². The smallest absolute Gasteiger partial charge is 0.276 e. The van der Waals surface area contributed by atoms with Crippen molar-refractivity contribution in [2.45, 2.75) is 18.7 Å². The van der Waals surface area contributed by atoms with Crippen LogP contribution in [0.15, 0.2) is 52.5 Å². The maximum atomic E-state index is 12.3. The van der Waals surface area contributed by atoms with Gasteiger partial charge >= 0.3 is 0 Å². The van der Waals surface area contributed by atoms with Gasteiger partial charge in [-0.3, -0.25) is 0 Å². The summed E-state index contributed by atoms with van der Waals surface area (Å²) in [6.45, 7) is 4.26. The molecule has 1 aliphatic rings. The molecule has 1 heterocycles. The van der Waals surface area contributed by atoms with Crippen LogP contribution in [0.4, 0.5) is 0 Å². The van der Waals surface area contributed by atoms with Crippen molar-refractivity contribution in [1.82, 2.24) is 4.83 Å². The van der Waals surface area contributed by atoms with Gasteiger partial charge in [0, 0.05) is 5.56 Å². The Hall–Kier alpha value is -2.74. The summed E-state index contributed by atoms with van der Waals surface area (Å²) in [7, 11) is -3.76. The van der Waals surface area contributed by atoms with E-state index in [0.717, 1.165) is 5.56 Å². The van der Waals surface area contributed by atoms with Crippen molar-refractivity contribution < 1.29 is 22.6 Å². The number of nitrogens with one attached hydrogen (secondary N) is 1. The number of ether oxygens (including phenoxy) is 3. The molecule has 25 heavy (non-hydrogen) atoms. The summed E-state index contributed by atoms with van der Waals surface area (Å²) in [6, 6.07) is 11.5. The molecule has 1 N–H and O–H groups in total. The van der Waals surface area contributed by atoms with Crippen LogP contribution in [0.2, 0.25) is 0 Å². The van der Waals surface area contributed by atoms with E-state index < -0.39 is 10.0 Å². The lowest BCUT2D eigenvalue weighted by Crippen LogP contribution is -2.19. The van der Waals surface area contributed by atoms with Gasteiger partial charge in [-0.15, -0.1) is 0 Å². The maximum Gasteiger partial charge on any atom is 0.276 e. The van der Waals surface area contributed by atoms with Crippen LogP contribution in [-0.2, 0) is 10.0 Å². The number of hydrogen-bond donors (Lipinski definition) is 1. The maximum absolute atomic E-state index is 12.3. The third-order valence-electron chi connectivity index (χ3n) is 3.57. The molecule has 0 aromatic heterocycles. The van der Waals surface area contributed by atoms with Gasteiger partial charge in [0.2, 0.25) is 6.79 Å².